The lowest BCUT2D eigenvalue weighted by Gasteiger charge is -2.22. The van der Waals surface area contributed by atoms with E-state index in [2.05, 4.69) is 15.9 Å². The van der Waals surface area contributed by atoms with E-state index in [1.165, 1.54) is 0 Å². The molecular formula is C16H14BrCl2NO. The molecule has 0 fully saturated rings. The molecule has 2 aromatic rings. The summed E-state index contributed by atoms with van der Waals surface area (Å²) in [5.41, 5.74) is 1.48. The molecule has 0 aromatic heterocycles. The molecule has 2 nitrogen and oxygen atoms in total. The maximum atomic E-state index is 12.6. The van der Waals surface area contributed by atoms with Gasteiger partial charge in [-0.15, -0.1) is 0 Å². The van der Waals surface area contributed by atoms with E-state index < -0.39 is 0 Å². The molecule has 0 unspecified atom stereocenters. The standard InChI is InChI=1S/C16H14BrCl2NO/c1-2-20(10-11-4-3-5-13(18)8-11)16(21)14-9-12(17)6-7-15(14)19/h3-9H,2,10H2,1H3. The number of carbonyl (C=O) groups excluding carboxylic acids is 1. The fourth-order valence-electron chi connectivity index (χ4n) is 2.01. The summed E-state index contributed by atoms with van der Waals surface area (Å²) >= 11 is 15.5. The predicted molar refractivity (Wildman–Crippen MR) is 91.0 cm³/mol. The zero-order valence-electron chi connectivity index (χ0n) is 11.4. The predicted octanol–water partition coefficient (Wildman–Crippen LogP) is 5.42. The fraction of sp³-hybridized carbons (Fsp3) is 0.188. The van der Waals surface area contributed by atoms with Crippen LogP contribution in [0.4, 0.5) is 0 Å². The highest BCUT2D eigenvalue weighted by atomic mass is 79.9. The van der Waals surface area contributed by atoms with Crippen molar-refractivity contribution in [2.75, 3.05) is 6.54 Å². The van der Waals surface area contributed by atoms with Crippen molar-refractivity contribution < 1.29 is 4.79 Å². The average Bonchev–Trinajstić information content (AvgIpc) is 2.46. The summed E-state index contributed by atoms with van der Waals surface area (Å²) in [6.07, 6.45) is 0. The number of hydrogen-bond acceptors (Lipinski definition) is 1. The van der Waals surface area contributed by atoms with Crippen molar-refractivity contribution in [2.45, 2.75) is 13.5 Å². The second kappa shape index (κ2) is 7.30. The van der Waals surface area contributed by atoms with Gasteiger partial charge in [0.2, 0.25) is 0 Å². The first-order valence-electron chi connectivity index (χ1n) is 6.50. The number of carbonyl (C=O) groups is 1. The largest absolute Gasteiger partial charge is 0.335 e. The Labute approximate surface area is 142 Å². The SMILES string of the molecule is CCN(Cc1cccc(Cl)c1)C(=O)c1cc(Br)ccc1Cl. The first kappa shape index (κ1) is 16.3. The van der Waals surface area contributed by atoms with Crippen molar-refractivity contribution in [3.05, 3.63) is 68.1 Å². The maximum Gasteiger partial charge on any atom is 0.255 e. The van der Waals surface area contributed by atoms with E-state index in [-0.39, 0.29) is 5.91 Å². The Balaban J connectivity index is 2.24. The van der Waals surface area contributed by atoms with Gasteiger partial charge >= 0.3 is 0 Å². The Kier molecular flexibility index (Phi) is 5.68. The molecule has 110 valence electrons. The molecule has 5 heteroatoms. The minimum absolute atomic E-state index is 0.0937. The van der Waals surface area contributed by atoms with E-state index in [0.717, 1.165) is 10.0 Å². The molecule has 0 saturated carbocycles. The lowest BCUT2D eigenvalue weighted by atomic mass is 10.1. The van der Waals surface area contributed by atoms with Crippen molar-refractivity contribution in [1.82, 2.24) is 4.90 Å². The highest BCUT2D eigenvalue weighted by molar-refractivity contribution is 9.10. The molecule has 0 spiro atoms. The highest BCUT2D eigenvalue weighted by Crippen LogP contribution is 2.23. The number of halogens is 3. The molecule has 0 saturated heterocycles. The van der Waals surface area contributed by atoms with Crippen molar-refractivity contribution in [3.63, 3.8) is 0 Å². The molecule has 0 aliphatic rings. The third-order valence-electron chi connectivity index (χ3n) is 3.09. The van der Waals surface area contributed by atoms with Crippen LogP contribution in [0.5, 0.6) is 0 Å². The topological polar surface area (TPSA) is 20.3 Å². The minimum atomic E-state index is -0.0937. The summed E-state index contributed by atoms with van der Waals surface area (Å²) in [6, 6.07) is 12.8. The van der Waals surface area contributed by atoms with Crippen LogP contribution in [0, 0.1) is 0 Å². The van der Waals surface area contributed by atoms with Crippen LogP contribution >= 0.6 is 39.1 Å². The van der Waals surface area contributed by atoms with E-state index in [1.807, 2.05) is 37.3 Å². The van der Waals surface area contributed by atoms with Gasteiger partial charge in [0, 0.05) is 22.6 Å². The van der Waals surface area contributed by atoms with Gasteiger partial charge in [0.1, 0.15) is 0 Å². The minimum Gasteiger partial charge on any atom is -0.335 e. The van der Waals surface area contributed by atoms with Gasteiger partial charge < -0.3 is 4.90 Å². The van der Waals surface area contributed by atoms with Gasteiger partial charge in [0.05, 0.1) is 10.6 Å². The van der Waals surface area contributed by atoms with Crippen LogP contribution in [0.25, 0.3) is 0 Å². The summed E-state index contributed by atoms with van der Waals surface area (Å²) in [5.74, 6) is -0.0937. The number of hydrogen-bond donors (Lipinski definition) is 0. The molecule has 0 aliphatic carbocycles. The van der Waals surface area contributed by atoms with E-state index in [9.17, 15) is 4.79 Å². The van der Waals surface area contributed by atoms with Gasteiger partial charge in [-0.2, -0.15) is 0 Å². The average molecular weight is 387 g/mol. The Morgan fingerprint density at radius 3 is 2.62 bits per heavy atom. The smallest absolute Gasteiger partial charge is 0.255 e. The van der Waals surface area contributed by atoms with Crippen LogP contribution in [-0.2, 0) is 6.54 Å². The van der Waals surface area contributed by atoms with E-state index in [0.29, 0.717) is 28.7 Å². The number of amides is 1. The summed E-state index contributed by atoms with van der Waals surface area (Å²) in [7, 11) is 0. The molecule has 0 N–H and O–H groups in total. The van der Waals surface area contributed by atoms with Crippen molar-refractivity contribution in [1.29, 1.82) is 0 Å². The molecule has 1 amide bonds. The lowest BCUT2D eigenvalue weighted by molar-refractivity contribution is 0.0752. The number of nitrogens with zero attached hydrogens (tertiary/aromatic N) is 1. The summed E-state index contributed by atoms with van der Waals surface area (Å²) < 4.78 is 0.828. The van der Waals surface area contributed by atoms with Crippen LogP contribution in [-0.4, -0.2) is 17.4 Å². The molecular weight excluding hydrogens is 373 g/mol. The first-order chi connectivity index (χ1) is 10.0. The maximum absolute atomic E-state index is 12.6. The molecule has 2 rings (SSSR count). The van der Waals surface area contributed by atoms with Gasteiger partial charge in [-0.1, -0.05) is 51.3 Å². The molecule has 0 heterocycles. The van der Waals surface area contributed by atoms with Crippen molar-refractivity contribution in [3.8, 4) is 0 Å². The lowest BCUT2D eigenvalue weighted by Crippen LogP contribution is -2.30. The Hall–Kier alpha value is -1.03. The quantitative estimate of drug-likeness (QED) is 0.687. The normalized spacial score (nSPS) is 10.5. The summed E-state index contributed by atoms with van der Waals surface area (Å²) in [4.78, 5) is 14.4. The zero-order chi connectivity index (χ0) is 15.4. The molecule has 21 heavy (non-hydrogen) atoms. The number of benzene rings is 2. The van der Waals surface area contributed by atoms with Crippen LogP contribution in [0.1, 0.15) is 22.8 Å². The number of rotatable bonds is 4. The van der Waals surface area contributed by atoms with Crippen LogP contribution in [0.2, 0.25) is 10.0 Å². The Bertz CT molecular complexity index is 660. The first-order valence-corrected chi connectivity index (χ1v) is 8.05. The van der Waals surface area contributed by atoms with Crippen LogP contribution in [0.3, 0.4) is 0 Å². The van der Waals surface area contributed by atoms with Crippen LogP contribution in [0.15, 0.2) is 46.9 Å². The molecule has 0 atom stereocenters. The molecule has 0 radical (unpaired) electrons. The van der Waals surface area contributed by atoms with E-state index >= 15 is 0 Å². The van der Waals surface area contributed by atoms with Gasteiger partial charge in [0.25, 0.3) is 5.91 Å². The highest BCUT2D eigenvalue weighted by Gasteiger charge is 2.17. The summed E-state index contributed by atoms with van der Waals surface area (Å²) in [5, 5.41) is 1.12. The van der Waals surface area contributed by atoms with Crippen LogP contribution < -0.4 is 0 Å². The van der Waals surface area contributed by atoms with Gasteiger partial charge in [-0.05, 0) is 42.8 Å². The fourth-order valence-corrected chi connectivity index (χ4v) is 2.79. The molecule has 0 aliphatic heterocycles. The Morgan fingerprint density at radius 2 is 1.95 bits per heavy atom. The monoisotopic (exact) mass is 385 g/mol. The zero-order valence-corrected chi connectivity index (χ0v) is 14.5. The third-order valence-corrected chi connectivity index (χ3v) is 4.15. The molecule has 0 bridgehead atoms. The second-order valence-electron chi connectivity index (χ2n) is 4.57. The Morgan fingerprint density at radius 1 is 1.19 bits per heavy atom. The summed E-state index contributed by atoms with van der Waals surface area (Å²) in [6.45, 7) is 3.03. The van der Waals surface area contributed by atoms with Gasteiger partial charge in [-0.25, -0.2) is 0 Å². The third kappa shape index (κ3) is 4.22. The van der Waals surface area contributed by atoms with Gasteiger partial charge in [-0.3, -0.25) is 4.79 Å². The van der Waals surface area contributed by atoms with Crippen molar-refractivity contribution >= 4 is 45.0 Å². The van der Waals surface area contributed by atoms with Crippen molar-refractivity contribution in [2.24, 2.45) is 0 Å². The van der Waals surface area contributed by atoms with E-state index in [1.54, 1.807) is 17.0 Å². The second-order valence-corrected chi connectivity index (χ2v) is 6.33. The molecule has 2 aromatic carbocycles. The van der Waals surface area contributed by atoms with E-state index in [4.69, 9.17) is 23.2 Å². The van der Waals surface area contributed by atoms with Gasteiger partial charge in [0.15, 0.2) is 0 Å².